The fourth-order valence-corrected chi connectivity index (χ4v) is 2.71. The highest BCUT2D eigenvalue weighted by Crippen LogP contribution is 2.30. The van der Waals surface area contributed by atoms with E-state index in [1.165, 1.54) is 11.1 Å². The van der Waals surface area contributed by atoms with E-state index >= 15 is 0 Å². The zero-order valence-corrected chi connectivity index (χ0v) is 13.4. The van der Waals surface area contributed by atoms with Crippen LogP contribution in [-0.4, -0.2) is 6.54 Å². The lowest BCUT2D eigenvalue weighted by Gasteiger charge is -2.20. The molecule has 0 amide bonds. The molecular formula is C16H17BrClN. The molecule has 19 heavy (non-hydrogen) atoms. The molecule has 0 spiro atoms. The van der Waals surface area contributed by atoms with E-state index in [1.54, 1.807) is 0 Å². The lowest BCUT2D eigenvalue weighted by Crippen LogP contribution is -2.22. The summed E-state index contributed by atoms with van der Waals surface area (Å²) in [6.45, 7) is 5.09. The summed E-state index contributed by atoms with van der Waals surface area (Å²) in [5, 5.41) is 4.28. The molecule has 0 aliphatic heterocycles. The second kappa shape index (κ2) is 6.56. The van der Waals surface area contributed by atoms with Crippen LogP contribution in [0.5, 0.6) is 0 Å². The van der Waals surface area contributed by atoms with Gasteiger partial charge in [0.25, 0.3) is 0 Å². The highest BCUT2D eigenvalue weighted by Gasteiger charge is 2.16. The number of aryl methyl sites for hydroxylation is 1. The Morgan fingerprint density at radius 1 is 1.16 bits per heavy atom. The third kappa shape index (κ3) is 3.59. The molecule has 2 aromatic carbocycles. The summed E-state index contributed by atoms with van der Waals surface area (Å²) >= 11 is 9.86. The molecule has 0 aliphatic rings. The van der Waals surface area contributed by atoms with Gasteiger partial charge in [0.15, 0.2) is 0 Å². The molecular weight excluding hydrogens is 322 g/mol. The number of rotatable bonds is 4. The van der Waals surface area contributed by atoms with Crippen LogP contribution < -0.4 is 5.32 Å². The van der Waals surface area contributed by atoms with Crippen molar-refractivity contribution < 1.29 is 0 Å². The van der Waals surface area contributed by atoms with Gasteiger partial charge in [0.1, 0.15) is 0 Å². The molecule has 3 heteroatoms. The summed E-state index contributed by atoms with van der Waals surface area (Å²) in [7, 11) is 0. The summed E-state index contributed by atoms with van der Waals surface area (Å²) in [6, 6.07) is 14.7. The van der Waals surface area contributed by atoms with Crippen molar-refractivity contribution in [3.8, 4) is 0 Å². The normalized spacial score (nSPS) is 12.4. The van der Waals surface area contributed by atoms with E-state index in [-0.39, 0.29) is 6.04 Å². The second-order valence-electron chi connectivity index (χ2n) is 4.57. The minimum atomic E-state index is 0.121. The molecule has 0 aliphatic carbocycles. The van der Waals surface area contributed by atoms with Crippen molar-refractivity contribution in [3.05, 3.63) is 68.7 Å². The summed E-state index contributed by atoms with van der Waals surface area (Å²) in [5.41, 5.74) is 3.59. The molecule has 1 nitrogen and oxygen atoms in total. The van der Waals surface area contributed by atoms with Gasteiger partial charge in [-0.1, -0.05) is 64.3 Å². The summed E-state index contributed by atoms with van der Waals surface area (Å²) < 4.78 is 1.04. The zero-order chi connectivity index (χ0) is 13.8. The Morgan fingerprint density at radius 3 is 2.47 bits per heavy atom. The lowest BCUT2D eigenvalue weighted by molar-refractivity contribution is 0.630. The van der Waals surface area contributed by atoms with Crippen LogP contribution in [0.4, 0.5) is 0 Å². The molecule has 1 N–H and O–H groups in total. The molecule has 0 radical (unpaired) electrons. The third-order valence-electron chi connectivity index (χ3n) is 3.09. The Bertz CT molecular complexity index is 551. The SMILES string of the molecule is CCNC(c1ccc(C)cc1)c1cc(Br)ccc1Cl. The first-order chi connectivity index (χ1) is 9.11. The van der Waals surface area contributed by atoms with E-state index in [0.29, 0.717) is 0 Å². The first-order valence-electron chi connectivity index (χ1n) is 6.36. The zero-order valence-electron chi connectivity index (χ0n) is 11.1. The Balaban J connectivity index is 2.44. The van der Waals surface area contributed by atoms with E-state index in [9.17, 15) is 0 Å². The molecule has 0 heterocycles. The first-order valence-corrected chi connectivity index (χ1v) is 7.54. The van der Waals surface area contributed by atoms with Crippen molar-refractivity contribution >= 4 is 27.5 Å². The summed E-state index contributed by atoms with van der Waals surface area (Å²) in [5.74, 6) is 0. The fraction of sp³-hybridized carbons (Fsp3) is 0.250. The monoisotopic (exact) mass is 337 g/mol. The highest BCUT2D eigenvalue weighted by molar-refractivity contribution is 9.10. The second-order valence-corrected chi connectivity index (χ2v) is 5.89. The number of hydrogen-bond donors (Lipinski definition) is 1. The van der Waals surface area contributed by atoms with Crippen molar-refractivity contribution in [1.82, 2.24) is 5.32 Å². The molecule has 0 fully saturated rings. The first kappa shape index (κ1) is 14.6. The maximum absolute atomic E-state index is 6.35. The molecule has 100 valence electrons. The molecule has 2 aromatic rings. The molecule has 0 aromatic heterocycles. The maximum Gasteiger partial charge on any atom is 0.0591 e. The van der Waals surface area contributed by atoms with E-state index in [2.05, 4.69) is 65.4 Å². The summed E-state index contributed by atoms with van der Waals surface area (Å²) in [6.07, 6.45) is 0. The van der Waals surface area contributed by atoms with E-state index in [4.69, 9.17) is 11.6 Å². The third-order valence-corrected chi connectivity index (χ3v) is 3.93. The topological polar surface area (TPSA) is 12.0 Å². The predicted octanol–water partition coefficient (Wildman–Crippen LogP) is 5.11. The Hall–Kier alpha value is -0.830. The predicted molar refractivity (Wildman–Crippen MR) is 85.9 cm³/mol. The van der Waals surface area contributed by atoms with Gasteiger partial charge in [0, 0.05) is 9.50 Å². The Kier molecular flexibility index (Phi) is 5.03. The van der Waals surface area contributed by atoms with E-state index in [1.807, 2.05) is 12.1 Å². The number of hydrogen-bond acceptors (Lipinski definition) is 1. The van der Waals surface area contributed by atoms with Crippen molar-refractivity contribution in [2.24, 2.45) is 0 Å². The largest absolute Gasteiger partial charge is 0.306 e. The smallest absolute Gasteiger partial charge is 0.0591 e. The van der Waals surface area contributed by atoms with Crippen LogP contribution in [-0.2, 0) is 0 Å². The molecule has 1 atom stereocenters. The van der Waals surface area contributed by atoms with Crippen LogP contribution in [0, 0.1) is 6.92 Å². The van der Waals surface area contributed by atoms with E-state index in [0.717, 1.165) is 21.6 Å². The average molecular weight is 339 g/mol. The van der Waals surface area contributed by atoms with Gasteiger partial charge in [-0.15, -0.1) is 0 Å². The Morgan fingerprint density at radius 2 is 1.84 bits per heavy atom. The van der Waals surface area contributed by atoms with Gasteiger partial charge in [0.2, 0.25) is 0 Å². The van der Waals surface area contributed by atoms with Gasteiger partial charge >= 0.3 is 0 Å². The van der Waals surface area contributed by atoms with Crippen molar-refractivity contribution in [2.75, 3.05) is 6.54 Å². The lowest BCUT2D eigenvalue weighted by atomic mass is 9.98. The summed E-state index contributed by atoms with van der Waals surface area (Å²) in [4.78, 5) is 0. The molecule has 2 rings (SSSR count). The maximum atomic E-state index is 6.35. The van der Waals surface area contributed by atoms with Crippen molar-refractivity contribution in [1.29, 1.82) is 0 Å². The Labute approximate surface area is 128 Å². The number of nitrogens with one attached hydrogen (secondary N) is 1. The fourth-order valence-electron chi connectivity index (χ4n) is 2.11. The quantitative estimate of drug-likeness (QED) is 0.817. The van der Waals surface area contributed by atoms with Gasteiger partial charge in [-0.2, -0.15) is 0 Å². The minimum Gasteiger partial charge on any atom is -0.306 e. The average Bonchev–Trinajstić information content (AvgIpc) is 2.40. The van der Waals surface area contributed by atoms with Crippen LogP contribution in [0.3, 0.4) is 0 Å². The number of halogens is 2. The van der Waals surface area contributed by atoms with Crippen molar-refractivity contribution in [3.63, 3.8) is 0 Å². The van der Waals surface area contributed by atoms with Gasteiger partial charge in [-0.05, 0) is 42.8 Å². The molecule has 0 bridgehead atoms. The van der Waals surface area contributed by atoms with E-state index < -0.39 is 0 Å². The van der Waals surface area contributed by atoms with Crippen LogP contribution in [0.25, 0.3) is 0 Å². The van der Waals surface area contributed by atoms with Crippen LogP contribution in [0.1, 0.15) is 29.7 Å². The van der Waals surface area contributed by atoms with Gasteiger partial charge in [-0.25, -0.2) is 0 Å². The highest BCUT2D eigenvalue weighted by atomic mass is 79.9. The molecule has 1 unspecified atom stereocenters. The van der Waals surface area contributed by atoms with Crippen LogP contribution in [0.2, 0.25) is 5.02 Å². The van der Waals surface area contributed by atoms with Gasteiger partial charge in [-0.3, -0.25) is 0 Å². The van der Waals surface area contributed by atoms with Gasteiger partial charge in [0.05, 0.1) is 6.04 Å². The minimum absolute atomic E-state index is 0.121. The molecule has 0 saturated carbocycles. The van der Waals surface area contributed by atoms with Gasteiger partial charge < -0.3 is 5.32 Å². The van der Waals surface area contributed by atoms with Crippen LogP contribution >= 0.6 is 27.5 Å². The molecule has 0 saturated heterocycles. The van der Waals surface area contributed by atoms with Crippen LogP contribution in [0.15, 0.2) is 46.9 Å². The van der Waals surface area contributed by atoms with Crippen molar-refractivity contribution in [2.45, 2.75) is 19.9 Å². The number of benzene rings is 2. The standard InChI is InChI=1S/C16H17BrClN/c1-3-19-16(12-6-4-11(2)5-7-12)14-10-13(17)8-9-15(14)18/h4-10,16,19H,3H2,1-2H3.